The van der Waals surface area contributed by atoms with Crippen LogP contribution in [0.5, 0.6) is 5.75 Å². The molecule has 2 aliphatic heterocycles. The second-order valence-electron chi connectivity index (χ2n) is 13.0. The first-order valence-electron chi connectivity index (χ1n) is 16.1. The molecule has 4 bridgehead atoms. The molecule has 4 amide bonds. The van der Waals surface area contributed by atoms with E-state index in [1.807, 2.05) is 45.0 Å². The van der Waals surface area contributed by atoms with Crippen molar-refractivity contribution in [1.29, 1.82) is 0 Å². The minimum atomic E-state index is -1.12. The maximum absolute atomic E-state index is 14.4. The summed E-state index contributed by atoms with van der Waals surface area (Å²) in [5, 5.41) is 5.73. The summed E-state index contributed by atoms with van der Waals surface area (Å²) in [5.41, 5.74) is 5.48. The lowest BCUT2D eigenvalue weighted by Crippen LogP contribution is -2.58. The molecule has 11 nitrogen and oxygen atoms in total. The van der Waals surface area contributed by atoms with Crippen molar-refractivity contribution in [2.24, 2.45) is 11.7 Å². The van der Waals surface area contributed by atoms with Crippen molar-refractivity contribution in [1.82, 2.24) is 15.5 Å². The van der Waals surface area contributed by atoms with Crippen LogP contribution in [0.15, 0.2) is 24.3 Å². The van der Waals surface area contributed by atoms with E-state index in [0.717, 1.165) is 37.7 Å². The summed E-state index contributed by atoms with van der Waals surface area (Å²) in [7, 11) is 0. The molecule has 1 saturated heterocycles. The molecule has 242 valence electrons. The van der Waals surface area contributed by atoms with Gasteiger partial charge in [-0.3, -0.25) is 24.0 Å². The number of nitrogens with one attached hydrogen (secondary N) is 2. The van der Waals surface area contributed by atoms with Crippen molar-refractivity contribution in [3.8, 4) is 5.75 Å². The van der Waals surface area contributed by atoms with Crippen LogP contribution in [0, 0.1) is 5.92 Å². The van der Waals surface area contributed by atoms with Crippen LogP contribution in [0.1, 0.15) is 90.5 Å². The number of primary amides is 1. The topological polar surface area (TPSA) is 157 Å². The zero-order valence-electron chi connectivity index (χ0n) is 26.3. The summed E-state index contributed by atoms with van der Waals surface area (Å²) in [6.07, 6.45) is 6.63. The molecule has 1 aromatic carbocycles. The van der Waals surface area contributed by atoms with Gasteiger partial charge in [-0.05, 0) is 69.6 Å². The summed E-state index contributed by atoms with van der Waals surface area (Å²) in [4.78, 5) is 67.2. The summed E-state index contributed by atoms with van der Waals surface area (Å²) in [6, 6.07) is 4.61. The van der Waals surface area contributed by atoms with Gasteiger partial charge in [-0.2, -0.15) is 0 Å². The Morgan fingerprint density at radius 2 is 1.89 bits per heavy atom. The van der Waals surface area contributed by atoms with E-state index in [1.165, 1.54) is 4.90 Å². The van der Waals surface area contributed by atoms with E-state index in [-0.39, 0.29) is 43.5 Å². The van der Waals surface area contributed by atoms with Gasteiger partial charge in [0.05, 0.1) is 30.8 Å². The van der Waals surface area contributed by atoms with Gasteiger partial charge in [-0.25, -0.2) is 0 Å². The van der Waals surface area contributed by atoms with Crippen LogP contribution in [-0.2, 0) is 35.1 Å². The SMILES string of the molecule is CCC[C@H](NC(=O)C1C[C@@H]2CN1C(=O)[C@@H](C1CCCCC1)NC(=O)Cc1cccc(c1)OCCCC(C)(C)O2)C(=O)C(N)=O. The number of hydrogen-bond donors (Lipinski definition) is 3. The highest BCUT2D eigenvalue weighted by atomic mass is 16.5. The number of ether oxygens (including phenoxy) is 2. The summed E-state index contributed by atoms with van der Waals surface area (Å²) < 4.78 is 12.5. The summed E-state index contributed by atoms with van der Waals surface area (Å²) in [5.74, 6) is -2.51. The first kappa shape index (κ1) is 33.4. The van der Waals surface area contributed by atoms with E-state index >= 15 is 0 Å². The van der Waals surface area contributed by atoms with Gasteiger partial charge in [0.15, 0.2) is 0 Å². The van der Waals surface area contributed by atoms with Crippen LogP contribution in [0.3, 0.4) is 0 Å². The molecule has 0 aromatic heterocycles. The molecule has 44 heavy (non-hydrogen) atoms. The quantitative estimate of drug-likeness (QED) is 0.400. The molecule has 0 radical (unpaired) electrons. The molecule has 0 spiro atoms. The lowest BCUT2D eigenvalue weighted by molar-refractivity contribution is -0.144. The number of carbonyl (C=O) groups is 5. The van der Waals surface area contributed by atoms with Gasteiger partial charge in [-0.15, -0.1) is 0 Å². The molecule has 4 atom stereocenters. The van der Waals surface area contributed by atoms with Gasteiger partial charge >= 0.3 is 0 Å². The largest absolute Gasteiger partial charge is 0.494 e. The van der Waals surface area contributed by atoms with Crippen LogP contribution in [-0.4, -0.2) is 77.3 Å². The first-order valence-corrected chi connectivity index (χ1v) is 16.1. The van der Waals surface area contributed by atoms with Crippen molar-refractivity contribution < 1.29 is 33.4 Å². The van der Waals surface area contributed by atoms with E-state index in [1.54, 1.807) is 0 Å². The zero-order valence-corrected chi connectivity index (χ0v) is 26.3. The Balaban J connectivity index is 1.66. The van der Waals surface area contributed by atoms with Crippen LogP contribution < -0.4 is 21.1 Å². The molecule has 4 rings (SSSR count). The van der Waals surface area contributed by atoms with Gasteiger partial charge in [0.2, 0.25) is 23.5 Å². The van der Waals surface area contributed by atoms with Gasteiger partial charge in [0.25, 0.3) is 5.91 Å². The molecule has 11 heteroatoms. The fraction of sp³-hybridized carbons (Fsp3) is 0.667. The van der Waals surface area contributed by atoms with E-state index in [4.69, 9.17) is 15.2 Å². The normalized spacial score (nSPS) is 25.7. The predicted octanol–water partition coefficient (Wildman–Crippen LogP) is 2.57. The smallest absolute Gasteiger partial charge is 0.287 e. The van der Waals surface area contributed by atoms with Gasteiger partial charge < -0.3 is 30.7 Å². The third-order valence-corrected chi connectivity index (χ3v) is 8.95. The maximum Gasteiger partial charge on any atom is 0.287 e. The number of benzene rings is 1. The van der Waals surface area contributed by atoms with Crippen molar-refractivity contribution in [3.63, 3.8) is 0 Å². The van der Waals surface area contributed by atoms with Crippen LogP contribution in [0.2, 0.25) is 0 Å². The van der Waals surface area contributed by atoms with E-state index in [2.05, 4.69) is 10.6 Å². The number of rotatable bonds is 7. The second-order valence-corrected chi connectivity index (χ2v) is 13.0. The number of ketones is 1. The number of nitrogens with zero attached hydrogens (tertiary/aromatic N) is 1. The molecule has 1 saturated carbocycles. The highest BCUT2D eigenvalue weighted by Gasteiger charge is 2.46. The Bertz CT molecular complexity index is 1210. The molecule has 3 aliphatic rings. The van der Waals surface area contributed by atoms with E-state index in [0.29, 0.717) is 31.6 Å². The van der Waals surface area contributed by atoms with Crippen LogP contribution in [0.4, 0.5) is 0 Å². The molecular weight excluding hydrogens is 564 g/mol. The Morgan fingerprint density at radius 1 is 1.14 bits per heavy atom. The van der Waals surface area contributed by atoms with Crippen molar-refractivity contribution in [3.05, 3.63) is 29.8 Å². The Labute approximate surface area is 260 Å². The number of amides is 4. The Kier molecular flexibility index (Phi) is 11.4. The number of carbonyl (C=O) groups excluding carboxylic acids is 5. The highest BCUT2D eigenvalue weighted by Crippen LogP contribution is 2.32. The average Bonchev–Trinajstić information content (AvgIpc) is 3.40. The van der Waals surface area contributed by atoms with Gasteiger partial charge in [0.1, 0.15) is 17.8 Å². The molecule has 4 N–H and O–H groups in total. The lowest BCUT2D eigenvalue weighted by Gasteiger charge is -2.35. The Morgan fingerprint density at radius 3 is 2.59 bits per heavy atom. The summed E-state index contributed by atoms with van der Waals surface area (Å²) >= 11 is 0. The van der Waals surface area contributed by atoms with Crippen LogP contribution in [0.25, 0.3) is 0 Å². The average molecular weight is 613 g/mol. The summed E-state index contributed by atoms with van der Waals surface area (Å²) in [6.45, 7) is 6.44. The second kappa shape index (κ2) is 15.0. The minimum absolute atomic E-state index is 0.0682. The van der Waals surface area contributed by atoms with Gasteiger partial charge in [-0.1, -0.05) is 44.7 Å². The van der Waals surface area contributed by atoms with Crippen molar-refractivity contribution in [2.75, 3.05) is 13.2 Å². The molecule has 1 aliphatic carbocycles. The fourth-order valence-electron chi connectivity index (χ4n) is 6.75. The third-order valence-electron chi connectivity index (χ3n) is 8.95. The first-order chi connectivity index (χ1) is 21.0. The van der Waals surface area contributed by atoms with Crippen LogP contribution >= 0.6 is 0 Å². The molecule has 2 fully saturated rings. The van der Waals surface area contributed by atoms with Crippen molar-refractivity contribution >= 4 is 29.4 Å². The number of fused-ring (bicyclic) bond motifs is 4. The fourth-order valence-corrected chi connectivity index (χ4v) is 6.75. The monoisotopic (exact) mass is 612 g/mol. The lowest BCUT2D eigenvalue weighted by atomic mass is 9.83. The van der Waals surface area contributed by atoms with E-state index < -0.39 is 47.4 Å². The number of Topliss-reactive ketones (excluding diaryl/α,β-unsaturated/α-hetero) is 1. The zero-order chi connectivity index (χ0) is 31.9. The predicted molar refractivity (Wildman–Crippen MR) is 163 cm³/mol. The minimum Gasteiger partial charge on any atom is -0.494 e. The number of nitrogens with two attached hydrogens (primary N) is 1. The van der Waals surface area contributed by atoms with Gasteiger partial charge in [0, 0.05) is 13.0 Å². The molecular formula is C33H48N4O7. The third kappa shape index (κ3) is 8.80. The van der Waals surface area contributed by atoms with Crippen molar-refractivity contribution in [2.45, 2.75) is 121 Å². The molecule has 1 unspecified atom stereocenters. The van der Waals surface area contributed by atoms with E-state index in [9.17, 15) is 24.0 Å². The highest BCUT2D eigenvalue weighted by molar-refractivity contribution is 6.37. The number of hydrogen-bond acceptors (Lipinski definition) is 7. The molecule has 2 heterocycles. The molecule has 1 aromatic rings. The standard InChI is InChI=1S/C33H48N4O7/c1-4-10-25(29(39)30(34)40)35-31(41)26-19-24-20-37(26)32(42)28(22-12-6-5-7-13-22)36-27(38)18-21-11-8-14-23(17-21)43-16-9-15-33(2,3)44-24/h8,11,14,17,22,24-26,28H,4-7,9-10,12-13,15-16,18-20H2,1-3H3,(H2,34,40)(H,35,41)(H,36,38)/t24-,25+,26?,28-/m1/s1. The Hall–Kier alpha value is -3.47. The maximum atomic E-state index is 14.4.